The zero-order chi connectivity index (χ0) is 13.1. The summed E-state index contributed by atoms with van der Waals surface area (Å²) in [6.45, 7) is 0. The third-order valence-electron chi connectivity index (χ3n) is 2.36. The van der Waals surface area contributed by atoms with E-state index in [4.69, 9.17) is 10.5 Å². The number of thioether (sulfide) groups is 1. The first-order valence-electron chi connectivity index (χ1n) is 5.18. The number of hydrogen-bond donors (Lipinski definition) is 1. The number of nitrogens with two attached hydrogens (primary N) is 1. The lowest BCUT2D eigenvalue weighted by atomic mass is 10.2. The predicted molar refractivity (Wildman–Crippen MR) is 69.1 cm³/mol. The van der Waals surface area contributed by atoms with E-state index >= 15 is 0 Å². The average molecular weight is 267 g/mol. The number of anilines is 1. The van der Waals surface area contributed by atoms with Crippen molar-refractivity contribution >= 4 is 17.4 Å². The second-order valence-electron chi connectivity index (χ2n) is 3.53. The van der Waals surface area contributed by atoms with Crippen LogP contribution in [0, 0.1) is 11.6 Å². The van der Waals surface area contributed by atoms with Crippen LogP contribution >= 0.6 is 11.8 Å². The Labute approximate surface area is 108 Å². The summed E-state index contributed by atoms with van der Waals surface area (Å²) in [7, 11) is 0. The Balaban J connectivity index is 2.43. The number of benzene rings is 2. The summed E-state index contributed by atoms with van der Waals surface area (Å²) in [5, 5.41) is 0. The first-order chi connectivity index (χ1) is 8.63. The first-order valence-corrected chi connectivity index (χ1v) is 6.40. The molecule has 0 saturated heterocycles. The molecular formula is C13H11F2NOS. The van der Waals surface area contributed by atoms with Gasteiger partial charge in [-0.15, -0.1) is 11.8 Å². The molecule has 5 heteroatoms. The van der Waals surface area contributed by atoms with Crippen LogP contribution in [-0.4, -0.2) is 6.26 Å². The number of para-hydroxylation sites is 1. The minimum absolute atomic E-state index is 0.0600. The average Bonchev–Trinajstić information content (AvgIpc) is 2.39. The van der Waals surface area contributed by atoms with E-state index in [1.165, 1.54) is 17.8 Å². The van der Waals surface area contributed by atoms with Crippen molar-refractivity contribution in [1.82, 2.24) is 0 Å². The minimum atomic E-state index is -1.08. The zero-order valence-corrected chi connectivity index (χ0v) is 10.4. The highest BCUT2D eigenvalue weighted by Crippen LogP contribution is 2.36. The van der Waals surface area contributed by atoms with E-state index in [-0.39, 0.29) is 11.4 Å². The number of hydrogen-bond acceptors (Lipinski definition) is 3. The van der Waals surface area contributed by atoms with E-state index in [1.807, 2.05) is 18.4 Å². The van der Waals surface area contributed by atoms with Crippen molar-refractivity contribution in [3.63, 3.8) is 0 Å². The Morgan fingerprint density at radius 1 is 1.11 bits per heavy atom. The summed E-state index contributed by atoms with van der Waals surface area (Å²) in [5.74, 6) is -1.90. The summed E-state index contributed by atoms with van der Waals surface area (Å²) in [6.07, 6.45) is 1.87. The van der Waals surface area contributed by atoms with Gasteiger partial charge in [0.25, 0.3) is 0 Å². The van der Waals surface area contributed by atoms with Crippen molar-refractivity contribution in [2.75, 3.05) is 12.0 Å². The molecule has 0 aliphatic carbocycles. The van der Waals surface area contributed by atoms with E-state index in [1.54, 1.807) is 12.1 Å². The summed E-state index contributed by atoms with van der Waals surface area (Å²) >= 11 is 1.45. The third kappa shape index (κ3) is 2.41. The molecule has 2 aromatic carbocycles. The molecule has 0 fully saturated rings. The van der Waals surface area contributed by atoms with Crippen molar-refractivity contribution in [3.05, 3.63) is 48.0 Å². The molecule has 2 nitrogen and oxygen atoms in total. The summed E-state index contributed by atoms with van der Waals surface area (Å²) in [4.78, 5) is 0.820. The molecule has 0 atom stereocenters. The predicted octanol–water partition coefficient (Wildman–Crippen LogP) is 4.06. The largest absolute Gasteiger partial charge is 0.451 e. The zero-order valence-electron chi connectivity index (χ0n) is 9.61. The number of nitrogen functional groups attached to an aromatic ring is 1. The fourth-order valence-corrected chi connectivity index (χ4v) is 1.99. The Hall–Kier alpha value is -1.75. The monoisotopic (exact) mass is 267 g/mol. The maximum absolute atomic E-state index is 13.6. The first kappa shape index (κ1) is 12.7. The van der Waals surface area contributed by atoms with Crippen molar-refractivity contribution in [2.24, 2.45) is 0 Å². The molecular weight excluding hydrogens is 256 g/mol. The Morgan fingerprint density at radius 2 is 1.83 bits per heavy atom. The highest BCUT2D eigenvalue weighted by molar-refractivity contribution is 7.98. The van der Waals surface area contributed by atoms with Crippen molar-refractivity contribution in [2.45, 2.75) is 4.90 Å². The lowest BCUT2D eigenvalue weighted by Gasteiger charge is -2.12. The third-order valence-corrected chi connectivity index (χ3v) is 3.14. The Kier molecular flexibility index (Phi) is 3.72. The summed E-state index contributed by atoms with van der Waals surface area (Å²) in [6, 6.07) is 9.34. The molecule has 2 rings (SSSR count). The number of ether oxygens (including phenoxy) is 1. The van der Waals surface area contributed by atoms with Crippen LogP contribution in [0.2, 0.25) is 0 Å². The van der Waals surface area contributed by atoms with Gasteiger partial charge in [-0.3, -0.25) is 0 Å². The van der Waals surface area contributed by atoms with E-state index in [9.17, 15) is 8.78 Å². The molecule has 0 amide bonds. The van der Waals surface area contributed by atoms with E-state index in [0.29, 0.717) is 5.75 Å². The van der Waals surface area contributed by atoms with Crippen molar-refractivity contribution < 1.29 is 13.5 Å². The number of rotatable bonds is 3. The lowest BCUT2D eigenvalue weighted by Crippen LogP contribution is -1.98. The number of halogens is 2. The standard InChI is InChI=1S/C13H11F2NOS/c1-18-11-5-3-2-4-10(11)17-13-9(16)7-6-8(14)12(13)15/h2-7H,16H2,1H3. The minimum Gasteiger partial charge on any atom is -0.451 e. The molecule has 0 heterocycles. The fourth-order valence-electron chi connectivity index (χ4n) is 1.46. The molecule has 2 aromatic rings. The maximum atomic E-state index is 13.6. The molecule has 0 bridgehead atoms. The van der Waals surface area contributed by atoms with Crippen LogP contribution < -0.4 is 10.5 Å². The van der Waals surface area contributed by atoms with Gasteiger partial charge in [0.05, 0.1) is 5.69 Å². The molecule has 0 radical (unpaired) electrons. The maximum Gasteiger partial charge on any atom is 0.203 e. The molecule has 0 saturated carbocycles. The second kappa shape index (κ2) is 5.27. The van der Waals surface area contributed by atoms with Gasteiger partial charge in [-0.2, -0.15) is 4.39 Å². The summed E-state index contributed by atoms with van der Waals surface area (Å²) in [5.41, 5.74) is 5.65. The Morgan fingerprint density at radius 3 is 2.56 bits per heavy atom. The molecule has 94 valence electrons. The quantitative estimate of drug-likeness (QED) is 0.672. The second-order valence-corrected chi connectivity index (χ2v) is 4.38. The van der Waals surface area contributed by atoms with Gasteiger partial charge in [0.15, 0.2) is 11.6 Å². The normalized spacial score (nSPS) is 10.4. The molecule has 0 spiro atoms. The Bertz CT molecular complexity index is 575. The smallest absolute Gasteiger partial charge is 0.203 e. The van der Waals surface area contributed by atoms with Crippen LogP contribution in [0.1, 0.15) is 0 Å². The van der Waals surface area contributed by atoms with Gasteiger partial charge in [-0.25, -0.2) is 4.39 Å². The van der Waals surface area contributed by atoms with Gasteiger partial charge in [-0.1, -0.05) is 12.1 Å². The summed E-state index contributed by atoms with van der Waals surface area (Å²) < 4.78 is 32.1. The molecule has 2 N–H and O–H groups in total. The van der Waals surface area contributed by atoms with Gasteiger partial charge < -0.3 is 10.5 Å². The van der Waals surface area contributed by atoms with E-state index in [0.717, 1.165) is 11.0 Å². The van der Waals surface area contributed by atoms with Crippen LogP contribution in [0.4, 0.5) is 14.5 Å². The van der Waals surface area contributed by atoms with Crippen molar-refractivity contribution in [1.29, 1.82) is 0 Å². The lowest BCUT2D eigenvalue weighted by molar-refractivity contribution is 0.412. The van der Waals surface area contributed by atoms with Gasteiger partial charge in [-0.05, 0) is 30.5 Å². The topological polar surface area (TPSA) is 35.2 Å². The van der Waals surface area contributed by atoms with Crippen LogP contribution in [-0.2, 0) is 0 Å². The van der Waals surface area contributed by atoms with Gasteiger partial charge in [0, 0.05) is 4.90 Å². The SMILES string of the molecule is CSc1ccccc1Oc1c(N)ccc(F)c1F. The van der Waals surface area contributed by atoms with Gasteiger partial charge in [0.2, 0.25) is 5.82 Å². The van der Waals surface area contributed by atoms with Crippen LogP contribution in [0.15, 0.2) is 41.3 Å². The van der Waals surface area contributed by atoms with E-state index in [2.05, 4.69) is 0 Å². The highest BCUT2D eigenvalue weighted by atomic mass is 32.2. The molecule has 18 heavy (non-hydrogen) atoms. The molecule has 0 unspecified atom stereocenters. The van der Waals surface area contributed by atoms with Gasteiger partial charge >= 0.3 is 0 Å². The molecule has 0 aliphatic heterocycles. The highest BCUT2D eigenvalue weighted by Gasteiger charge is 2.15. The van der Waals surface area contributed by atoms with Crippen molar-refractivity contribution in [3.8, 4) is 11.5 Å². The van der Waals surface area contributed by atoms with Crippen LogP contribution in [0.25, 0.3) is 0 Å². The van der Waals surface area contributed by atoms with Gasteiger partial charge in [0.1, 0.15) is 5.75 Å². The fraction of sp³-hybridized carbons (Fsp3) is 0.0769. The van der Waals surface area contributed by atoms with E-state index < -0.39 is 11.6 Å². The molecule has 0 aromatic heterocycles. The molecule has 0 aliphatic rings. The van der Waals surface area contributed by atoms with Crippen LogP contribution in [0.3, 0.4) is 0 Å². The van der Waals surface area contributed by atoms with Crippen LogP contribution in [0.5, 0.6) is 11.5 Å².